The van der Waals surface area contributed by atoms with Crippen molar-refractivity contribution in [3.8, 4) is 11.3 Å². The van der Waals surface area contributed by atoms with Crippen molar-refractivity contribution in [1.82, 2.24) is 0 Å². The maximum Gasteiger partial charge on any atom is 0.134 e. The molecule has 1 aliphatic carbocycles. The molecule has 3 rings (SSSR count). The van der Waals surface area contributed by atoms with E-state index >= 15 is 0 Å². The van der Waals surface area contributed by atoms with Crippen LogP contribution in [0.3, 0.4) is 0 Å². The Morgan fingerprint density at radius 2 is 2.00 bits per heavy atom. The summed E-state index contributed by atoms with van der Waals surface area (Å²) in [5.41, 5.74) is 4.03. The average Bonchev–Trinajstić information content (AvgIpc) is 3.05. The molecule has 1 N–H and O–H groups in total. The molecular weight excluding hydrogens is 224 g/mol. The molecule has 1 aliphatic rings. The van der Waals surface area contributed by atoms with Gasteiger partial charge in [0.05, 0.1) is 0 Å². The van der Waals surface area contributed by atoms with E-state index in [4.69, 9.17) is 4.42 Å². The summed E-state index contributed by atoms with van der Waals surface area (Å²) in [6, 6.07) is 10.4. The van der Waals surface area contributed by atoms with E-state index in [2.05, 4.69) is 18.2 Å². The summed E-state index contributed by atoms with van der Waals surface area (Å²) in [7, 11) is 0. The van der Waals surface area contributed by atoms with Crippen LogP contribution in [0, 0.1) is 0 Å². The standard InChI is InChI=1S/C16H18O2/c1-2-14(17)16-9-8-15(18-16)13-7-6-11-4-3-5-12(11)10-13/h6-10,14,17H,2-5H2,1H3. The highest BCUT2D eigenvalue weighted by molar-refractivity contribution is 5.60. The van der Waals surface area contributed by atoms with Gasteiger partial charge in [0.25, 0.3) is 0 Å². The fourth-order valence-corrected chi connectivity index (χ4v) is 2.61. The summed E-state index contributed by atoms with van der Waals surface area (Å²) in [5, 5.41) is 9.75. The lowest BCUT2D eigenvalue weighted by Gasteiger charge is -2.04. The first-order chi connectivity index (χ1) is 8.78. The summed E-state index contributed by atoms with van der Waals surface area (Å²) >= 11 is 0. The Bertz CT molecular complexity index is 554. The zero-order valence-corrected chi connectivity index (χ0v) is 10.6. The van der Waals surface area contributed by atoms with E-state index in [1.807, 2.05) is 19.1 Å². The molecule has 1 atom stereocenters. The molecular formula is C16H18O2. The van der Waals surface area contributed by atoms with Crippen molar-refractivity contribution < 1.29 is 9.52 Å². The zero-order valence-electron chi connectivity index (χ0n) is 10.6. The topological polar surface area (TPSA) is 33.4 Å². The van der Waals surface area contributed by atoms with Gasteiger partial charge in [0, 0.05) is 5.56 Å². The van der Waals surface area contributed by atoms with Crippen LogP contribution in [0.5, 0.6) is 0 Å². The van der Waals surface area contributed by atoms with Crippen LogP contribution in [-0.2, 0) is 12.8 Å². The van der Waals surface area contributed by atoms with Gasteiger partial charge in [-0.05, 0) is 55.0 Å². The van der Waals surface area contributed by atoms with Crippen molar-refractivity contribution in [2.24, 2.45) is 0 Å². The Kier molecular flexibility index (Phi) is 2.96. The maximum absolute atomic E-state index is 9.75. The molecule has 1 unspecified atom stereocenters. The van der Waals surface area contributed by atoms with Crippen LogP contribution in [0.2, 0.25) is 0 Å². The van der Waals surface area contributed by atoms with Crippen LogP contribution in [0.4, 0.5) is 0 Å². The van der Waals surface area contributed by atoms with Gasteiger partial charge in [-0.25, -0.2) is 0 Å². The van der Waals surface area contributed by atoms with Crippen LogP contribution in [0.1, 0.15) is 42.8 Å². The van der Waals surface area contributed by atoms with E-state index in [0.29, 0.717) is 12.2 Å². The largest absolute Gasteiger partial charge is 0.458 e. The number of aryl methyl sites for hydroxylation is 2. The number of aliphatic hydroxyl groups is 1. The third kappa shape index (κ3) is 1.97. The summed E-state index contributed by atoms with van der Waals surface area (Å²) < 4.78 is 5.73. The second-order valence-corrected chi connectivity index (χ2v) is 4.96. The van der Waals surface area contributed by atoms with Crippen molar-refractivity contribution in [2.75, 3.05) is 0 Å². The van der Waals surface area contributed by atoms with Gasteiger partial charge in [0.1, 0.15) is 17.6 Å². The molecule has 0 fully saturated rings. The lowest BCUT2D eigenvalue weighted by Crippen LogP contribution is -1.91. The number of aliphatic hydroxyl groups excluding tert-OH is 1. The minimum Gasteiger partial charge on any atom is -0.458 e. The first kappa shape index (κ1) is 11.5. The third-order valence-electron chi connectivity index (χ3n) is 3.72. The van der Waals surface area contributed by atoms with Crippen LogP contribution in [0.15, 0.2) is 34.7 Å². The molecule has 94 valence electrons. The van der Waals surface area contributed by atoms with Crippen LogP contribution >= 0.6 is 0 Å². The van der Waals surface area contributed by atoms with Gasteiger partial charge in [-0.2, -0.15) is 0 Å². The van der Waals surface area contributed by atoms with E-state index < -0.39 is 6.10 Å². The third-order valence-corrected chi connectivity index (χ3v) is 3.72. The molecule has 1 aromatic heterocycles. The molecule has 0 aliphatic heterocycles. The Labute approximate surface area is 107 Å². The summed E-state index contributed by atoms with van der Waals surface area (Å²) in [4.78, 5) is 0. The molecule has 0 saturated carbocycles. The monoisotopic (exact) mass is 242 g/mol. The number of furan rings is 1. The number of fused-ring (bicyclic) bond motifs is 1. The predicted octanol–water partition coefficient (Wildman–Crippen LogP) is 3.88. The van der Waals surface area contributed by atoms with Crippen molar-refractivity contribution in [3.63, 3.8) is 0 Å². The SMILES string of the molecule is CCC(O)c1ccc(-c2ccc3c(c2)CCC3)o1. The lowest BCUT2D eigenvalue weighted by molar-refractivity contribution is 0.147. The van der Waals surface area contributed by atoms with Crippen molar-refractivity contribution in [1.29, 1.82) is 0 Å². The summed E-state index contributed by atoms with van der Waals surface area (Å²) in [6.45, 7) is 1.95. The molecule has 1 heterocycles. The van der Waals surface area contributed by atoms with Gasteiger partial charge in [-0.3, -0.25) is 0 Å². The minimum absolute atomic E-state index is 0.492. The highest BCUT2D eigenvalue weighted by Gasteiger charge is 2.14. The molecule has 0 amide bonds. The second-order valence-electron chi connectivity index (χ2n) is 4.96. The normalized spacial score (nSPS) is 15.7. The van der Waals surface area contributed by atoms with Gasteiger partial charge in [0.15, 0.2) is 0 Å². The van der Waals surface area contributed by atoms with Gasteiger partial charge >= 0.3 is 0 Å². The second kappa shape index (κ2) is 4.62. The highest BCUT2D eigenvalue weighted by atomic mass is 16.4. The smallest absolute Gasteiger partial charge is 0.134 e. The molecule has 1 aromatic carbocycles. The fraction of sp³-hybridized carbons (Fsp3) is 0.375. The Morgan fingerprint density at radius 1 is 1.17 bits per heavy atom. The molecule has 2 aromatic rings. The molecule has 2 heteroatoms. The van der Waals surface area contributed by atoms with Crippen LogP contribution in [-0.4, -0.2) is 5.11 Å². The first-order valence-electron chi connectivity index (χ1n) is 6.68. The van der Waals surface area contributed by atoms with E-state index in [0.717, 1.165) is 11.3 Å². The predicted molar refractivity (Wildman–Crippen MR) is 71.4 cm³/mol. The summed E-state index contributed by atoms with van der Waals surface area (Å²) in [6.07, 6.45) is 3.82. The first-order valence-corrected chi connectivity index (χ1v) is 6.68. The Balaban J connectivity index is 1.92. The number of benzene rings is 1. The van der Waals surface area contributed by atoms with E-state index in [1.165, 1.54) is 30.4 Å². The zero-order chi connectivity index (χ0) is 12.5. The van der Waals surface area contributed by atoms with Gasteiger partial charge < -0.3 is 9.52 Å². The average molecular weight is 242 g/mol. The molecule has 0 bridgehead atoms. The number of hydrogen-bond donors (Lipinski definition) is 1. The van der Waals surface area contributed by atoms with E-state index in [9.17, 15) is 5.11 Å². The van der Waals surface area contributed by atoms with Crippen molar-refractivity contribution in [2.45, 2.75) is 38.7 Å². The highest BCUT2D eigenvalue weighted by Crippen LogP contribution is 2.30. The van der Waals surface area contributed by atoms with Crippen molar-refractivity contribution >= 4 is 0 Å². The van der Waals surface area contributed by atoms with Crippen LogP contribution < -0.4 is 0 Å². The Hall–Kier alpha value is -1.54. The van der Waals surface area contributed by atoms with Crippen LogP contribution in [0.25, 0.3) is 11.3 Å². The van der Waals surface area contributed by atoms with E-state index in [-0.39, 0.29) is 0 Å². The molecule has 2 nitrogen and oxygen atoms in total. The summed E-state index contributed by atoms with van der Waals surface area (Å²) in [5.74, 6) is 1.51. The molecule has 18 heavy (non-hydrogen) atoms. The van der Waals surface area contributed by atoms with E-state index in [1.54, 1.807) is 0 Å². The van der Waals surface area contributed by atoms with Gasteiger partial charge in [0.2, 0.25) is 0 Å². The fourth-order valence-electron chi connectivity index (χ4n) is 2.61. The lowest BCUT2D eigenvalue weighted by atomic mass is 10.1. The molecule has 0 saturated heterocycles. The molecule has 0 spiro atoms. The molecule has 0 radical (unpaired) electrons. The number of hydrogen-bond acceptors (Lipinski definition) is 2. The van der Waals surface area contributed by atoms with Gasteiger partial charge in [-0.1, -0.05) is 19.1 Å². The van der Waals surface area contributed by atoms with Gasteiger partial charge in [-0.15, -0.1) is 0 Å². The quantitative estimate of drug-likeness (QED) is 0.886. The Morgan fingerprint density at radius 3 is 2.83 bits per heavy atom. The number of rotatable bonds is 3. The maximum atomic E-state index is 9.75. The minimum atomic E-state index is -0.492. The van der Waals surface area contributed by atoms with Crippen molar-refractivity contribution in [3.05, 3.63) is 47.2 Å².